The minimum atomic E-state index is -0.122. The van der Waals surface area contributed by atoms with Gasteiger partial charge in [0.25, 0.3) is 0 Å². The molecule has 1 saturated carbocycles. The molecule has 0 amide bonds. The minimum absolute atomic E-state index is 0.122. The van der Waals surface area contributed by atoms with Crippen molar-refractivity contribution in [2.45, 2.75) is 25.2 Å². The molecule has 72 valence electrons. The van der Waals surface area contributed by atoms with Crippen molar-refractivity contribution in [2.24, 2.45) is 0 Å². The number of hydrogen-bond donors (Lipinski definition) is 0. The number of aromatic nitrogens is 1. The van der Waals surface area contributed by atoms with E-state index < -0.39 is 0 Å². The molecule has 0 radical (unpaired) electrons. The fourth-order valence-corrected chi connectivity index (χ4v) is 2.72. The highest BCUT2D eigenvalue weighted by atomic mass is 32.1. The Morgan fingerprint density at radius 1 is 1.36 bits per heavy atom. The van der Waals surface area contributed by atoms with E-state index in [2.05, 4.69) is 4.98 Å². The molecule has 3 rings (SSSR count). The molecule has 1 aliphatic carbocycles. The number of halogens is 1. The van der Waals surface area contributed by atoms with E-state index in [4.69, 9.17) is 0 Å². The lowest BCUT2D eigenvalue weighted by atomic mass is 9.79. The lowest BCUT2D eigenvalue weighted by Gasteiger charge is -2.25. The molecule has 1 aromatic carbocycles. The Balaban J connectivity index is 2.23. The number of thiazole rings is 1. The van der Waals surface area contributed by atoms with Crippen LogP contribution in [-0.4, -0.2) is 4.98 Å². The van der Waals surface area contributed by atoms with Gasteiger partial charge in [-0.05, 0) is 36.5 Å². The quantitative estimate of drug-likeness (QED) is 0.694. The van der Waals surface area contributed by atoms with Crippen LogP contribution in [0.2, 0.25) is 0 Å². The van der Waals surface area contributed by atoms with Crippen molar-refractivity contribution in [1.29, 1.82) is 0 Å². The fourth-order valence-electron chi connectivity index (χ4n) is 1.99. The first-order chi connectivity index (χ1) is 6.84. The normalized spacial score (nSPS) is 17.2. The van der Waals surface area contributed by atoms with Gasteiger partial charge in [-0.15, -0.1) is 11.3 Å². The standard InChI is InChI=1S/C11H10FNS/c12-8-4-9(7-2-1-3-7)11-10(5-8)14-6-13-11/h4-7H,1-3H2. The molecule has 0 unspecified atom stereocenters. The topological polar surface area (TPSA) is 12.9 Å². The molecular formula is C11H10FNS. The summed E-state index contributed by atoms with van der Waals surface area (Å²) in [6, 6.07) is 3.24. The van der Waals surface area contributed by atoms with E-state index in [1.807, 2.05) is 0 Å². The van der Waals surface area contributed by atoms with E-state index in [9.17, 15) is 4.39 Å². The van der Waals surface area contributed by atoms with Crippen molar-refractivity contribution >= 4 is 21.6 Å². The highest BCUT2D eigenvalue weighted by Crippen LogP contribution is 2.40. The summed E-state index contributed by atoms with van der Waals surface area (Å²) in [5, 5.41) is 0. The van der Waals surface area contributed by atoms with Gasteiger partial charge in [-0.25, -0.2) is 9.37 Å². The summed E-state index contributed by atoms with van der Waals surface area (Å²) in [5.41, 5.74) is 3.93. The summed E-state index contributed by atoms with van der Waals surface area (Å²) in [6.07, 6.45) is 3.65. The molecule has 14 heavy (non-hydrogen) atoms. The van der Waals surface area contributed by atoms with E-state index in [1.54, 1.807) is 17.6 Å². The Hall–Kier alpha value is -0.960. The molecular weight excluding hydrogens is 197 g/mol. The highest BCUT2D eigenvalue weighted by molar-refractivity contribution is 7.16. The maximum atomic E-state index is 13.3. The van der Waals surface area contributed by atoms with E-state index in [0.717, 1.165) is 15.8 Å². The smallest absolute Gasteiger partial charge is 0.125 e. The van der Waals surface area contributed by atoms with Gasteiger partial charge in [0.1, 0.15) is 5.82 Å². The number of rotatable bonds is 1. The average Bonchev–Trinajstić information content (AvgIpc) is 2.47. The fraction of sp³-hybridized carbons (Fsp3) is 0.364. The van der Waals surface area contributed by atoms with Crippen LogP contribution >= 0.6 is 11.3 Å². The third-order valence-electron chi connectivity index (χ3n) is 2.98. The molecule has 0 spiro atoms. The van der Waals surface area contributed by atoms with Crippen molar-refractivity contribution in [3.8, 4) is 0 Å². The zero-order chi connectivity index (χ0) is 9.54. The van der Waals surface area contributed by atoms with E-state index in [-0.39, 0.29) is 5.82 Å². The molecule has 1 aromatic heterocycles. The molecule has 1 fully saturated rings. The first-order valence-electron chi connectivity index (χ1n) is 4.87. The third-order valence-corrected chi connectivity index (χ3v) is 3.75. The summed E-state index contributed by atoms with van der Waals surface area (Å²) in [7, 11) is 0. The summed E-state index contributed by atoms with van der Waals surface area (Å²) in [4.78, 5) is 4.31. The van der Waals surface area contributed by atoms with Crippen LogP contribution < -0.4 is 0 Å². The molecule has 0 atom stereocenters. The van der Waals surface area contributed by atoms with Crippen LogP contribution in [0.25, 0.3) is 10.2 Å². The van der Waals surface area contributed by atoms with Crippen molar-refractivity contribution in [3.05, 3.63) is 29.0 Å². The predicted octanol–water partition coefficient (Wildman–Crippen LogP) is 3.70. The Morgan fingerprint density at radius 3 is 2.93 bits per heavy atom. The molecule has 2 aromatic rings. The first-order valence-corrected chi connectivity index (χ1v) is 5.75. The first kappa shape index (κ1) is 8.36. The summed E-state index contributed by atoms with van der Waals surface area (Å²) >= 11 is 1.52. The Morgan fingerprint density at radius 2 is 2.21 bits per heavy atom. The zero-order valence-electron chi connectivity index (χ0n) is 7.66. The van der Waals surface area contributed by atoms with E-state index in [0.29, 0.717) is 5.92 Å². The van der Waals surface area contributed by atoms with Gasteiger partial charge in [-0.2, -0.15) is 0 Å². The van der Waals surface area contributed by atoms with Crippen LogP contribution in [0.15, 0.2) is 17.6 Å². The van der Waals surface area contributed by atoms with Gasteiger partial charge >= 0.3 is 0 Å². The molecule has 1 nitrogen and oxygen atoms in total. The third kappa shape index (κ3) is 1.16. The summed E-state index contributed by atoms with van der Waals surface area (Å²) in [6.45, 7) is 0. The second-order valence-electron chi connectivity index (χ2n) is 3.82. The Labute approximate surface area is 85.6 Å². The van der Waals surface area contributed by atoms with Gasteiger partial charge in [0.2, 0.25) is 0 Å². The average molecular weight is 207 g/mol. The molecule has 0 N–H and O–H groups in total. The number of benzene rings is 1. The second kappa shape index (κ2) is 3.02. The van der Waals surface area contributed by atoms with Gasteiger partial charge in [0.15, 0.2) is 0 Å². The largest absolute Gasteiger partial charge is 0.244 e. The van der Waals surface area contributed by atoms with Gasteiger partial charge in [0.05, 0.1) is 15.7 Å². The summed E-state index contributed by atoms with van der Waals surface area (Å²) in [5.74, 6) is 0.430. The van der Waals surface area contributed by atoms with Crippen LogP contribution in [0.4, 0.5) is 4.39 Å². The second-order valence-corrected chi connectivity index (χ2v) is 4.71. The highest BCUT2D eigenvalue weighted by Gasteiger charge is 2.23. The molecule has 1 aliphatic rings. The van der Waals surface area contributed by atoms with Crippen LogP contribution in [0, 0.1) is 5.82 Å². The molecule has 0 bridgehead atoms. The van der Waals surface area contributed by atoms with Gasteiger partial charge < -0.3 is 0 Å². The maximum absolute atomic E-state index is 13.3. The number of fused-ring (bicyclic) bond motifs is 1. The van der Waals surface area contributed by atoms with Crippen molar-refractivity contribution in [3.63, 3.8) is 0 Å². The van der Waals surface area contributed by atoms with E-state index in [1.165, 1.54) is 30.6 Å². The van der Waals surface area contributed by atoms with Crippen molar-refractivity contribution in [1.82, 2.24) is 4.98 Å². The zero-order valence-corrected chi connectivity index (χ0v) is 8.48. The van der Waals surface area contributed by atoms with Crippen LogP contribution in [-0.2, 0) is 0 Å². The van der Waals surface area contributed by atoms with Gasteiger partial charge in [-0.3, -0.25) is 0 Å². The minimum Gasteiger partial charge on any atom is -0.244 e. The summed E-state index contributed by atoms with van der Waals surface area (Å²) < 4.78 is 14.3. The van der Waals surface area contributed by atoms with Crippen molar-refractivity contribution in [2.75, 3.05) is 0 Å². The lowest BCUT2D eigenvalue weighted by molar-refractivity contribution is 0.420. The van der Waals surface area contributed by atoms with E-state index >= 15 is 0 Å². The molecule has 0 aliphatic heterocycles. The lowest BCUT2D eigenvalue weighted by Crippen LogP contribution is -2.09. The van der Waals surface area contributed by atoms with Crippen LogP contribution in [0.1, 0.15) is 30.7 Å². The Kier molecular flexibility index (Phi) is 1.80. The monoisotopic (exact) mass is 207 g/mol. The van der Waals surface area contributed by atoms with Gasteiger partial charge in [0, 0.05) is 0 Å². The Bertz CT molecular complexity index is 473. The van der Waals surface area contributed by atoms with Crippen molar-refractivity contribution < 1.29 is 4.39 Å². The molecule has 3 heteroatoms. The maximum Gasteiger partial charge on any atom is 0.125 e. The van der Waals surface area contributed by atoms with Crippen LogP contribution in [0.3, 0.4) is 0 Å². The predicted molar refractivity (Wildman–Crippen MR) is 56.2 cm³/mol. The number of hydrogen-bond acceptors (Lipinski definition) is 2. The molecule has 1 heterocycles. The van der Waals surface area contributed by atoms with Crippen LogP contribution in [0.5, 0.6) is 0 Å². The SMILES string of the molecule is Fc1cc(C2CCC2)c2ncsc2c1. The molecule has 0 saturated heterocycles. The van der Waals surface area contributed by atoms with Gasteiger partial charge in [-0.1, -0.05) is 6.42 Å². The number of nitrogens with zero attached hydrogens (tertiary/aromatic N) is 1.